The van der Waals surface area contributed by atoms with Crippen LogP contribution in [-0.4, -0.2) is 28.7 Å². The predicted octanol–water partition coefficient (Wildman–Crippen LogP) is 1.55. The zero-order valence-corrected chi connectivity index (χ0v) is 11.8. The number of carbonyl (C=O) groups excluding carboxylic acids is 1. The third kappa shape index (κ3) is 3.38. The van der Waals surface area contributed by atoms with Crippen LogP contribution in [0.3, 0.4) is 0 Å². The van der Waals surface area contributed by atoms with Gasteiger partial charge in [-0.1, -0.05) is 18.2 Å². The molecule has 0 fully saturated rings. The van der Waals surface area contributed by atoms with E-state index in [1.165, 1.54) is 10.9 Å². The van der Waals surface area contributed by atoms with E-state index in [0.29, 0.717) is 11.3 Å². The molecule has 0 bridgehead atoms. The van der Waals surface area contributed by atoms with Crippen LogP contribution in [-0.2, 0) is 4.74 Å². The van der Waals surface area contributed by atoms with E-state index in [4.69, 9.17) is 0 Å². The minimum absolute atomic E-state index is 0.242. The number of H-pyrrole nitrogens is 1. The Bertz CT molecular complexity index is 701. The average molecular weight is 288 g/mol. The summed E-state index contributed by atoms with van der Waals surface area (Å²) in [7, 11) is 0. The number of aromatic nitrogens is 2. The van der Waals surface area contributed by atoms with Crippen LogP contribution in [0.15, 0.2) is 40.2 Å². The number of rotatable bonds is 4. The second-order valence-corrected chi connectivity index (χ2v) is 4.22. The Morgan fingerprint density at radius 2 is 2.14 bits per heavy atom. The molecule has 1 aromatic heterocycles. The van der Waals surface area contributed by atoms with Gasteiger partial charge in [0.25, 0.3) is 5.56 Å². The van der Waals surface area contributed by atoms with Crippen LogP contribution in [0.5, 0.6) is 0 Å². The van der Waals surface area contributed by atoms with E-state index in [0.717, 1.165) is 5.69 Å². The molecule has 0 atom stereocenters. The van der Waals surface area contributed by atoms with Crippen LogP contribution in [0, 0.1) is 6.92 Å². The van der Waals surface area contributed by atoms with Crippen LogP contribution in [0.1, 0.15) is 18.2 Å². The highest BCUT2D eigenvalue weighted by Crippen LogP contribution is 2.05. The predicted molar refractivity (Wildman–Crippen MR) is 78.9 cm³/mol. The molecule has 0 unspecified atom stereocenters. The highest BCUT2D eigenvalue weighted by Gasteiger charge is 2.10. The Morgan fingerprint density at radius 1 is 1.43 bits per heavy atom. The Labute approximate surface area is 121 Å². The quantitative estimate of drug-likeness (QED) is 0.661. The molecule has 7 nitrogen and oxygen atoms in total. The lowest BCUT2D eigenvalue weighted by Gasteiger charge is -1.99. The minimum atomic E-state index is -0.662. The summed E-state index contributed by atoms with van der Waals surface area (Å²) in [5.41, 5.74) is 3.69. The van der Waals surface area contributed by atoms with Crippen LogP contribution >= 0.6 is 0 Å². The van der Waals surface area contributed by atoms with Gasteiger partial charge in [-0.3, -0.25) is 9.89 Å². The Balaban J connectivity index is 2.23. The largest absolute Gasteiger partial charge is 0.449 e. The zero-order valence-electron chi connectivity index (χ0n) is 11.8. The number of carbonyl (C=O) groups is 1. The SMILES string of the molecule is CCOC(=O)N/N=C\c1c(C)[nH]n(-c2ccccc2)c1=O. The first-order valence-corrected chi connectivity index (χ1v) is 6.46. The van der Waals surface area contributed by atoms with Crippen molar-refractivity contribution in [3.05, 3.63) is 51.9 Å². The summed E-state index contributed by atoms with van der Waals surface area (Å²) >= 11 is 0. The topological polar surface area (TPSA) is 88.5 Å². The van der Waals surface area contributed by atoms with Crippen molar-refractivity contribution < 1.29 is 9.53 Å². The van der Waals surface area contributed by atoms with E-state index in [1.807, 2.05) is 30.3 Å². The standard InChI is InChI=1S/C14H16N4O3/c1-3-21-14(20)16-15-9-12-10(2)17-18(13(12)19)11-7-5-4-6-8-11/h4-9,17H,3H2,1-2H3,(H,16,20)/b15-9-. The van der Waals surface area contributed by atoms with Crippen molar-refractivity contribution in [1.82, 2.24) is 15.2 Å². The number of hydrazone groups is 1. The van der Waals surface area contributed by atoms with Gasteiger partial charge in [-0.2, -0.15) is 5.10 Å². The summed E-state index contributed by atoms with van der Waals surface area (Å²) in [4.78, 5) is 23.4. The van der Waals surface area contributed by atoms with Crippen LogP contribution < -0.4 is 11.0 Å². The van der Waals surface area contributed by atoms with Gasteiger partial charge in [0.2, 0.25) is 0 Å². The normalized spacial score (nSPS) is 10.8. The maximum Gasteiger partial charge on any atom is 0.427 e. The van der Waals surface area contributed by atoms with E-state index in [-0.39, 0.29) is 12.2 Å². The van der Waals surface area contributed by atoms with Crippen molar-refractivity contribution in [2.75, 3.05) is 6.61 Å². The Morgan fingerprint density at radius 3 is 2.81 bits per heavy atom. The van der Waals surface area contributed by atoms with Crippen molar-refractivity contribution in [3.63, 3.8) is 0 Å². The Kier molecular flexibility index (Phi) is 4.55. The number of benzene rings is 1. The van der Waals surface area contributed by atoms with Gasteiger partial charge in [-0.25, -0.2) is 14.9 Å². The molecule has 1 aromatic carbocycles. The van der Waals surface area contributed by atoms with E-state index >= 15 is 0 Å². The molecule has 1 amide bonds. The molecule has 0 radical (unpaired) electrons. The van der Waals surface area contributed by atoms with Crippen molar-refractivity contribution in [1.29, 1.82) is 0 Å². The van der Waals surface area contributed by atoms with Crippen LogP contribution in [0.25, 0.3) is 5.69 Å². The van der Waals surface area contributed by atoms with Crippen molar-refractivity contribution in [2.45, 2.75) is 13.8 Å². The number of para-hydroxylation sites is 1. The number of ether oxygens (including phenoxy) is 1. The number of nitrogens with one attached hydrogen (secondary N) is 2. The van der Waals surface area contributed by atoms with E-state index < -0.39 is 6.09 Å². The van der Waals surface area contributed by atoms with Crippen molar-refractivity contribution in [2.24, 2.45) is 5.10 Å². The lowest BCUT2D eigenvalue weighted by atomic mass is 10.3. The first-order valence-electron chi connectivity index (χ1n) is 6.46. The smallest absolute Gasteiger partial charge is 0.427 e. The van der Waals surface area contributed by atoms with Gasteiger partial charge in [0.15, 0.2) is 0 Å². The summed E-state index contributed by atoms with van der Waals surface area (Å²) in [6.45, 7) is 3.70. The molecule has 0 spiro atoms. The number of hydrogen-bond donors (Lipinski definition) is 2. The molecule has 1 heterocycles. The molecule has 21 heavy (non-hydrogen) atoms. The zero-order chi connectivity index (χ0) is 15.2. The third-order valence-corrected chi connectivity index (χ3v) is 2.76. The third-order valence-electron chi connectivity index (χ3n) is 2.76. The minimum Gasteiger partial charge on any atom is -0.449 e. The van der Waals surface area contributed by atoms with E-state index in [1.54, 1.807) is 13.8 Å². The summed E-state index contributed by atoms with van der Waals surface area (Å²) in [6, 6.07) is 9.18. The monoisotopic (exact) mass is 288 g/mol. The Hall–Kier alpha value is -2.83. The molecular formula is C14H16N4O3. The van der Waals surface area contributed by atoms with Gasteiger partial charge in [0.1, 0.15) is 0 Å². The highest BCUT2D eigenvalue weighted by molar-refractivity contribution is 5.81. The second kappa shape index (κ2) is 6.56. The molecule has 0 aliphatic carbocycles. The fraction of sp³-hybridized carbons (Fsp3) is 0.214. The maximum absolute atomic E-state index is 12.3. The van der Waals surface area contributed by atoms with E-state index in [2.05, 4.69) is 20.4 Å². The molecule has 0 aliphatic rings. The molecule has 2 aromatic rings. The first kappa shape index (κ1) is 14.6. The lowest BCUT2D eigenvalue weighted by Crippen LogP contribution is -2.20. The van der Waals surface area contributed by atoms with Crippen molar-refractivity contribution in [3.8, 4) is 5.69 Å². The molecule has 0 aliphatic heterocycles. The number of hydrogen-bond acceptors (Lipinski definition) is 4. The fourth-order valence-electron chi connectivity index (χ4n) is 1.78. The number of aryl methyl sites for hydroxylation is 1. The number of aromatic amines is 1. The highest BCUT2D eigenvalue weighted by atomic mass is 16.5. The molecule has 0 saturated heterocycles. The van der Waals surface area contributed by atoms with Crippen molar-refractivity contribution >= 4 is 12.3 Å². The van der Waals surface area contributed by atoms with E-state index in [9.17, 15) is 9.59 Å². The van der Waals surface area contributed by atoms with Gasteiger partial charge in [-0.05, 0) is 26.0 Å². The number of nitrogens with zero attached hydrogens (tertiary/aromatic N) is 2. The molecule has 7 heteroatoms. The summed E-state index contributed by atoms with van der Waals surface area (Å²) in [6.07, 6.45) is 0.634. The second-order valence-electron chi connectivity index (χ2n) is 4.22. The van der Waals surface area contributed by atoms with Gasteiger partial charge >= 0.3 is 6.09 Å². The first-order chi connectivity index (χ1) is 10.1. The fourth-order valence-corrected chi connectivity index (χ4v) is 1.78. The summed E-state index contributed by atoms with van der Waals surface area (Å²) in [5, 5.41) is 6.67. The van der Waals surface area contributed by atoms with Crippen LogP contribution in [0.4, 0.5) is 4.79 Å². The number of amides is 1. The molecule has 110 valence electrons. The lowest BCUT2D eigenvalue weighted by molar-refractivity contribution is 0.152. The van der Waals surface area contributed by atoms with Gasteiger partial charge in [-0.15, -0.1) is 0 Å². The van der Waals surface area contributed by atoms with Gasteiger partial charge in [0, 0.05) is 5.69 Å². The van der Waals surface area contributed by atoms with Gasteiger partial charge in [0.05, 0.1) is 24.1 Å². The molecular weight excluding hydrogens is 272 g/mol. The molecule has 2 N–H and O–H groups in total. The van der Waals surface area contributed by atoms with Crippen LogP contribution in [0.2, 0.25) is 0 Å². The molecule has 0 saturated carbocycles. The molecule has 2 rings (SSSR count). The maximum atomic E-state index is 12.3. The summed E-state index contributed by atoms with van der Waals surface area (Å²) in [5.74, 6) is 0. The average Bonchev–Trinajstić information content (AvgIpc) is 2.76. The summed E-state index contributed by atoms with van der Waals surface area (Å²) < 4.78 is 6.08. The van der Waals surface area contributed by atoms with Gasteiger partial charge < -0.3 is 4.74 Å².